The van der Waals surface area contributed by atoms with Gasteiger partial charge in [-0.2, -0.15) is 0 Å². The van der Waals surface area contributed by atoms with Gasteiger partial charge in [0, 0.05) is 31.4 Å². The molecule has 1 N–H and O–H groups in total. The highest BCUT2D eigenvalue weighted by Crippen LogP contribution is 2.07. The molecule has 0 aliphatic carbocycles. The summed E-state index contributed by atoms with van der Waals surface area (Å²) in [5.41, 5.74) is 0. The van der Waals surface area contributed by atoms with Crippen LogP contribution in [0.25, 0.3) is 0 Å². The molecule has 0 aromatic carbocycles. The van der Waals surface area contributed by atoms with Gasteiger partial charge in [0.1, 0.15) is 5.82 Å². The van der Waals surface area contributed by atoms with Crippen LogP contribution in [0.5, 0.6) is 0 Å². The van der Waals surface area contributed by atoms with Gasteiger partial charge in [0.15, 0.2) is 0 Å². The molecule has 1 aromatic heterocycles. The molecule has 98 valence electrons. The van der Waals surface area contributed by atoms with E-state index in [0.717, 1.165) is 19.5 Å². The van der Waals surface area contributed by atoms with Gasteiger partial charge in [0.25, 0.3) is 0 Å². The van der Waals surface area contributed by atoms with Crippen LogP contribution in [-0.2, 0) is 13.0 Å². The molecule has 0 saturated heterocycles. The van der Waals surface area contributed by atoms with Crippen molar-refractivity contribution >= 4 is 0 Å². The number of hydrogen-bond donors (Lipinski definition) is 1. The summed E-state index contributed by atoms with van der Waals surface area (Å²) in [4.78, 5) is 4.49. The Balaban J connectivity index is 2.54. The van der Waals surface area contributed by atoms with Crippen molar-refractivity contribution in [3.05, 3.63) is 18.2 Å². The van der Waals surface area contributed by atoms with Gasteiger partial charge in [-0.15, -0.1) is 0 Å². The van der Waals surface area contributed by atoms with Crippen LogP contribution in [-0.4, -0.2) is 22.1 Å². The Labute approximate surface area is 106 Å². The van der Waals surface area contributed by atoms with Crippen molar-refractivity contribution in [2.45, 2.75) is 65.5 Å². The van der Waals surface area contributed by atoms with Crippen LogP contribution in [0.1, 0.15) is 52.3 Å². The van der Waals surface area contributed by atoms with Crippen LogP contribution < -0.4 is 5.32 Å². The summed E-state index contributed by atoms with van der Waals surface area (Å²) in [5, 5.41) is 3.62. The molecule has 1 rings (SSSR count). The quantitative estimate of drug-likeness (QED) is 0.715. The Morgan fingerprint density at radius 3 is 2.71 bits per heavy atom. The van der Waals surface area contributed by atoms with Crippen molar-refractivity contribution in [3.63, 3.8) is 0 Å². The fourth-order valence-corrected chi connectivity index (χ4v) is 2.17. The third kappa shape index (κ3) is 4.90. The third-order valence-corrected chi connectivity index (χ3v) is 3.02. The van der Waals surface area contributed by atoms with E-state index in [1.54, 1.807) is 0 Å². The van der Waals surface area contributed by atoms with E-state index >= 15 is 0 Å². The number of hydrogen-bond acceptors (Lipinski definition) is 2. The fourth-order valence-electron chi connectivity index (χ4n) is 2.17. The van der Waals surface area contributed by atoms with Gasteiger partial charge in [-0.3, -0.25) is 0 Å². The average Bonchev–Trinajstić information content (AvgIpc) is 2.74. The summed E-state index contributed by atoms with van der Waals surface area (Å²) in [6.45, 7) is 8.87. The number of aryl methyl sites for hydroxylation is 1. The molecule has 3 heteroatoms. The van der Waals surface area contributed by atoms with E-state index in [1.165, 1.54) is 31.5 Å². The first kappa shape index (κ1) is 14.2. The van der Waals surface area contributed by atoms with Gasteiger partial charge in [-0.25, -0.2) is 4.98 Å². The number of nitrogens with zero attached hydrogens (tertiary/aromatic N) is 2. The monoisotopic (exact) mass is 237 g/mol. The normalized spacial score (nSPS) is 12.9. The summed E-state index contributed by atoms with van der Waals surface area (Å²) in [6, 6.07) is 0.581. The van der Waals surface area contributed by atoms with E-state index in [1.807, 2.05) is 6.20 Å². The molecule has 3 nitrogen and oxygen atoms in total. The zero-order valence-electron chi connectivity index (χ0n) is 11.6. The van der Waals surface area contributed by atoms with Gasteiger partial charge in [0.2, 0.25) is 0 Å². The second-order valence-corrected chi connectivity index (χ2v) is 4.68. The smallest absolute Gasteiger partial charge is 0.110 e. The minimum Gasteiger partial charge on any atom is -0.335 e. The molecule has 0 radical (unpaired) electrons. The van der Waals surface area contributed by atoms with Crippen molar-refractivity contribution < 1.29 is 0 Å². The summed E-state index contributed by atoms with van der Waals surface area (Å²) in [5.74, 6) is 1.23. The highest BCUT2D eigenvalue weighted by atomic mass is 15.1. The van der Waals surface area contributed by atoms with Crippen molar-refractivity contribution in [2.24, 2.45) is 0 Å². The number of nitrogens with one attached hydrogen (secondary N) is 1. The van der Waals surface area contributed by atoms with E-state index in [0.29, 0.717) is 6.04 Å². The summed E-state index contributed by atoms with van der Waals surface area (Å²) < 4.78 is 2.29. The zero-order chi connectivity index (χ0) is 12.5. The van der Waals surface area contributed by atoms with Crippen LogP contribution in [0.2, 0.25) is 0 Å². The highest BCUT2D eigenvalue weighted by Gasteiger charge is 2.11. The lowest BCUT2D eigenvalue weighted by Crippen LogP contribution is -2.32. The van der Waals surface area contributed by atoms with Crippen LogP contribution in [0.3, 0.4) is 0 Å². The fraction of sp³-hybridized carbons (Fsp3) is 0.786. The predicted molar refractivity (Wildman–Crippen MR) is 73.2 cm³/mol. The van der Waals surface area contributed by atoms with Crippen LogP contribution >= 0.6 is 0 Å². The maximum atomic E-state index is 4.49. The van der Waals surface area contributed by atoms with E-state index in [4.69, 9.17) is 0 Å². The van der Waals surface area contributed by atoms with Gasteiger partial charge in [0.05, 0.1) is 0 Å². The molecule has 1 unspecified atom stereocenters. The minimum atomic E-state index is 0.581. The maximum Gasteiger partial charge on any atom is 0.110 e. The topological polar surface area (TPSA) is 29.9 Å². The first-order chi connectivity index (χ1) is 8.31. The predicted octanol–water partition coefficient (Wildman–Crippen LogP) is 3.00. The first-order valence-electron chi connectivity index (χ1n) is 7.05. The molecular formula is C14H27N3. The standard InChI is InChI=1S/C14H27N3/c1-4-7-13(15-8-5-2)12-14-16-9-11-17(14)10-6-3/h9,11,13,15H,4-8,10,12H2,1-3H3. The average molecular weight is 237 g/mol. The van der Waals surface area contributed by atoms with Crippen molar-refractivity contribution in [1.29, 1.82) is 0 Å². The Hall–Kier alpha value is -0.830. The van der Waals surface area contributed by atoms with E-state index in [-0.39, 0.29) is 0 Å². The molecule has 0 aliphatic heterocycles. The maximum absolute atomic E-state index is 4.49. The molecule has 0 saturated carbocycles. The molecule has 1 aromatic rings. The van der Waals surface area contributed by atoms with Crippen molar-refractivity contribution in [1.82, 2.24) is 14.9 Å². The number of aromatic nitrogens is 2. The summed E-state index contributed by atoms with van der Waals surface area (Å²) in [6.07, 6.45) is 9.92. The van der Waals surface area contributed by atoms with Crippen molar-refractivity contribution in [2.75, 3.05) is 6.54 Å². The Kier molecular flexibility index (Phi) is 6.94. The van der Waals surface area contributed by atoms with Crippen LogP contribution in [0.15, 0.2) is 12.4 Å². The molecular weight excluding hydrogens is 210 g/mol. The zero-order valence-corrected chi connectivity index (χ0v) is 11.6. The lowest BCUT2D eigenvalue weighted by atomic mass is 10.1. The Morgan fingerprint density at radius 2 is 2.06 bits per heavy atom. The lowest BCUT2D eigenvalue weighted by Gasteiger charge is -2.18. The Bertz CT molecular complexity index is 293. The Morgan fingerprint density at radius 1 is 1.24 bits per heavy atom. The second-order valence-electron chi connectivity index (χ2n) is 4.68. The second kappa shape index (κ2) is 8.29. The van der Waals surface area contributed by atoms with Gasteiger partial charge >= 0.3 is 0 Å². The highest BCUT2D eigenvalue weighted by molar-refractivity contribution is 4.95. The molecule has 0 spiro atoms. The molecule has 0 fully saturated rings. The molecule has 0 aliphatic rings. The van der Waals surface area contributed by atoms with Gasteiger partial charge in [-0.1, -0.05) is 27.2 Å². The SMILES string of the molecule is CCCNC(CCC)Cc1nccn1CCC. The lowest BCUT2D eigenvalue weighted by molar-refractivity contribution is 0.455. The first-order valence-corrected chi connectivity index (χ1v) is 7.05. The molecule has 0 bridgehead atoms. The summed E-state index contributed by atoms with van der Waals surface area (Å²) >= 11 is 0. The van der Waals surface area contributed by atoms with E-state index < -0.39 is 0 Å². The number of rotatable bonds is 9. The van der Waals surface area contributed by atoms with E-state index in [2.05, 4.69) is 41.8 Å². The van der Waals surface area contributed by atoms with Crippen LogP contribution in [0.4, 0.5) is 0 Å². The number of imidazole rings is 1. The minimum absolute atomic E-state index is 0.581. The van der Waals surface area contributed by atoms with Gasteiger partial charge < -0.3 is 9.88 Å². The van der Waals surface area contributed by atoms with E-state index in [9.17, 15) is 0 Å². The molecule has 1 heterocycles. The third-order valence-electron chi connectivity index (χ3n) is 3.02. The molecule has 0 amide bonds. The van der Waals surface area contributed by atoms with Gasteiger partial charge in [-0.05, 0) is 25.8 Å². The summed E-state index contributed by atoms with van der Waals surface area (Å²) in [7, 11) is 0. The largest absolute Gasteiger partial charge is 0.335 e. The molecule has 1 atom stereocenters. The van der Waals surface area contributed by atoms with Crippen molar-refractivity contribution in [3.8, 4) is 0 Å². The van der Waals surface area contributed by atoms with Crippen LogP contribution in [0, 0.1) is 0 Å². The molecule has 17 heavy (non-hydrogen) atoms.